The summed E-state index contributed by atoms with van der Waals surface area (Å²) < 4.78 is 10.8. The third-order valence-electron chi connectivity index (χ3n) is 3.78. The largest absolute Gasteiger partial charge is 0.497 e. The molecule has 23 heavy (non-hydrogen) atoms. The number of hydroxylamine groups is 1. The lowest BCUT2D eigenvalue weighted by Gasteiger charge is -2.22. The number of nitrogens with zero attached hydrogens (tertiary/aromatic N) is 2. The van der Waals surface area contributed by atoms with E-state index in [-0.39, 0.29) is 6.04 Å². The Balaban J connectivity index is 1.76. The minimum absolute atomic E-state index is 0.281. The van der Waals surface area contributed by atoms with Gasteiger partial charge >= 0.3 is 0 Å². The van der Waals surface area contributed by atoms with Gasteiger partial charge in [0.05, 0.1) is 13.2 Å². The van der Waals surface area contributed by atoms with E-state index in [0.29, 0.717) is 17.5 Å². The second kappa shape index (κ2) is 7.11. The Morgan fingerprint density at radius 2 is 1.96 bits per heavy atom. The second-order valence-electron chi connectivity index (χ2n) is 5.33. The third-order valence-corrected chi connectivity index (χ3v) is 3.78. The van der Waals surface area contributed by atoms with Crippen LogP contribution >= 0.6 is 0 Å². The van der Waals surface area contributed by atoms with Crippen molar-refractivity contribution in [2.45, 2.75) is 25.3 Å². The monoisotopic (exact) mass is 313 g/mol. The van der Waals surface area contributed by atoms with Crippen LogP contribution in [0.1, 0.15) is 24.8 Å². The highest BCUT2D eigenvalue weighted by molar-refractivity contribution is 5.98. The van der Waals surface area contributed by atoms with E-state index in [4.69, 9.17) is 9.47 Å². The van der Waals surface area contributed by atoms with Gasteiger partial charge in [-0.1, -0.05) is 0 Å². The molecule has 0 saturated heterocycles. The molecular weight excluding hydrogens is 294 g/mol. The summed E-state index contributed by atoms with van der Waals surface area (Å²) in [6.45, 7) is 0. The van der Waals surface area contributed by atoms with Gasteiger partial charge in [0.1, 0.15) is 11.5 Å². The van der Waals surface area contributed by atoms with Crippen LogP contribution in [0, 0.1) is 0 Å². The van der Waals surface area contributed by atoms with Gasteiger partial charge in [-0.05, 0) is 49.6 Å². The van der Waals surface area contributed by atoms with Crippen molar-refractivity contribution in [2.24, 2.45) is 4.99 Å². The number of hydrogen-bond donors (Lipinski definition) is 2. The number of hydrogen-bond acceptors (Lipinski definition) is 5. The van der Waals surface area contributed by atoms with Gasteiger partial charge < -0.3 is 9.47 Å². The van der Waals surface area contributed by atoms with E-state index in [9.17, 15) is 5.21 Å². The number of methoxy groups -OCH3 is 1. The zero-order chi connectivity index (χ0) is 16.1. The molecule has 1 fully saturated rings. The predicted molar refractivity (Wildman–Crippen MR) is 86.4 cm³/mol. The van der Waals surface area contributed by atoms with E-state index in [1.54, 1.807) is 37.6 Å². The van der Waals surface area contributed by atoms with Crippen LogP contribution in [-0.4, -0.2) is 29.2 Å². The number of aliphatic imine (C=N–C) groups is 1. The van der Waals surface area contributed by atoms with Gasteiger partial charge in [0.15, 0.2) is 5.84 Å². The molecule has 1 aliphatic rings. The number of aromatic nitrogens is 1. The predicted octanol–water partition coefficient (Wildman–Crippen LogP) is 3.16. The Bertz CT molecular complexity index is 682. The zero-order valence-electron chi connectivity index (χ0n) is 12.9. The summed E-state index contributed by atoms with van der Waals surface area (Å²) in [4.78, 5) is 8.69. The minimum atomic E-state index is 0.281. The Labute approximate surface area is 134 Å². The van der Waals surface area contributed by atoms with Crippen LogP contribution in [0.5, 0.6) is 17.4 Å². The Morgan fingerprint density at radius 3 is 2.57 bits per heavy atom. The van der Waals surface area contributed by atoms with Crippen LogP contribution in [0.3, 0.4) is 0 Å². The normalized spacial score (nSPS) is 15.0. The summed E-state index contributed by atoms with van der Waals surface area (Å²) in [5.74, 6) is 2.30. The van der Waals surface area contributed by atoms with E-state index < -0.39 is 0 Å². The summed E-state index contributed by atoms with van der Waals surface area (Å²) in [6.07, 6.45) is 4.94. The summed E-state index contributed by atoms with van der Waals surface area (Å²) in [5.41, 5.74) is 2.91. The molecule has 0 bridgehead atoms. The molecule has 0 atom stereocenters. The fraction of sp³-hybridized carbons (Fsp3) is 0.294. The molecule has 1 aromatic carbocycles. The number of nitrogens with one attached hydrogen (secondary N) is 1. The molecule has 1 aromatic heterocycles. The quantitative estimate of drug-likeness (QED) is 0.504. The first-order valence-corrected chi connectivity index (χ1v) is 7.55. The number of benzene rings is 1. The van der Waals surface area contributed by atoms with Crippen molar-refractivity contribution in [1.29, 1.82) is 0 Å². The summed E-state index contributed by atoms with van der Waals surface area (Å²) in [7, 11) is 1.62. The number of amidine groups is 1. The second-order valence-corrected chi connectivity index (χ2v) is 5.33. The first-order valence-electron chi connectivity index (χ1n) is 7.55. The molecule has 2 N–H and O–H groups in total. The summed E-state index contributed by atoms with van der Waals surface area (Å²) in [6, 6.07) is 11.0. The average molecular weight is 313 g/mol. The maximum Gasteiger partial charge on any atom is 0.219 e. The first-order chi connectivity index (χ1) is 11.3. The van der Waals surface area contributed by atoms with Crippen LogP contribution in [-0.2, 0) is 0 Å². The molecule has 1 heterocycles. The third kappa shape index (κ3) is 3.78. The Hall–Kier alpha value is -2.60. The average Bonchev–Trinajstić information content (AvgIpc) is 2.55. The van der Waals surface area contributed by atoms with Gasteiger partial charge in [0, 0.05) is 17.8 Å². The molecule has 1 aliphatic carbocycles. The molecule has 0 spiro atoms. The van der Waals surface area contributed by atoms with Crippen molar-refractivity contribution < 1.29 is 14.7 Å². The minimum Gasteiger partial charge on any atom is -0.497 e. The topological polar surface area (TPSA) is 76.0 Å². The van der Waals surface area contributed by atoms with Crippen LogP contribution in [0.4, 0.5) is 0 Å². The van der Waals surface area contributed by atoms with Crippen molar-refractivity contribution in [1.82, 2.24) is 10.5 Å². The van der Waals surface area contributed by atoms with E-state index >= 15 is 0 Å². The highest BCUT2D eigenvalue weighted by Gasteiger charge is 2.17. The van der Waals surface area contributed by atoms with Gasteiger partial charge in [-0.25, -0.2) is 4.98 Å². The van der Waals surface area contributed by atoms with Crippen LogP contribution < -0.4 is 15.0 Å². The van der Waals surface area contributed by atoms with Crippen LogP contribution in [0.2, 0.25) is 0 Å². The molecule has 120 valence electrons. The van der Waals surface area contributed by atoms with Gasteiger partial charge in [-0.3, -0.25) is 15.7 Å². The lowest BCUT2D eigenvalue weighted by molar-refractivity contribution is 0.233. The zero-order valence-corrected chi connectivity index (χ0v) is 12.9. The van der Waals surface area contributed by atoms with Gasteiger partial charge in [0.25, 0.3) is 0 Å². The van der Waals surface area contributed by atoms with Crippen molar-refractivity contribution in [2.75, 3.05) is 7.11 Å². The van der Waals surface area contributed by atoms with Gasteiger partial charge in [-0.15, -0.1) is 0 Å². The maximum absolute atomic E-state index is 9.33. The Kier molecular flexibility index (Phi) is 4.73. The summed E-state index contributed by atoms with van der Waals surface area (Å²) in [5, 5.41) is 9.33. The molecule has 6 heteroatoms. The molecule has 0 aliphatic heterocycles. The van der Waals surface area contributed by atoms with Gasteiger partial charge in [-0.2, -0.15) is 0 Å². The molecule has 2 aromatic rings. The van der Waals surface area contributed by atoms with Crippen LogP contribution in [0.15, 0.2) is 47.6 Å². The SMILES string of the molecule is COc1ccc(Oc2cc(C(=NC3CCC3)NO)ccn2)cc1. The van der Waals surface area contributed by atoms with Crippen molar-refractivity contribution in [3.63, 3.8) is 0 Å². The molecule has 0 radical (unpaired) electrons. The highest BCUT2D eigenvalue weighted by atomic mass is 16.5. The molecule has 0 amide bonds. The summed E-state index contributed by atoms with van der Waals surface area (Å²) >= 11 is 0. The Morgan fingerprint density at radius 1 is 1.22 bits per heavy atom. The van der Waals surface area contributed by atoms with Crippen LogP contribution in [0.25, 0.3) is 0 Å². The van der Waals surface area contributed by atoms with E-state index in [1.165, 1.54) is 6.42 Å². The van der Waals surface area contributed by atoms with Crippen molar-refractivity contribution in [3.05, 3.63) is 48.2 Å². The van der Waals surface area contributed by atoms with E-state index in [2.05, 4.69) is 15.5 Å². The molecule has 0 unspecified atom stereocenters. The molecule has 3 rings (SSSR count). The molecule has 6 nitrogen and oxygen atoms in total. The van der Waals surface area contributed by atoms with Crippen molar-refractivity contribution in [3.8, 4) is 17.4 Å². The van der Waals surface area contributed by atoms with Crippen molar-refractivity contribution >= 4 is 5.84 Å². The van der Waals surface area contributed by atoms with Gasteiger partial charge in [0.2, 0.25) is 5.88 Å². The molecular formula is C17H19N3O3. The smallest absolute Gasteiger partial charge is 0.219 e. The standard InChI is InChI=1S/C17H19N3O3/c1-22-14-5-7-15(8-6-14)23-16-11-12(9-10-18-16)17(20-21)19-13-3-2-4-13/h5-11,13,21H,2-4H2,1H3,(H,19,20). The maximum atomic E-state index is 9.33. The fourth-order valence-electron chi connectivity index (χ4n) is 2.24. The molecule has 1 saturated carbocycles. The number of pyridine rings is 1. The number of rotatable bonds is 5. The van der Waals surface area contributed by atoms with E-state index in [1.807, 2.05) is 12.1 Å². The first kappa shape index (κ1) is 15.3. The highest BCUT2D eigenvalue weighted by Crippen LogP contribution is 2.24. The number of ether oxygens (including phenoxy) is 2. The van der Waals surface area contributed by atoms with E-state index in [0.717, 1.165) is 24.2 Å². The fourth-order valence-corrected chi connectivity index (χ4v) is 2.24. The lowest BCUT2D eigenvalue weighted by atomic mass is 9.94. The lowest BCUT2D eigenvalue weighted by Crippen LogP contribution is -2.26.